The van der Waals surface area contributed by atoms with E-state index >= 15 is 0 Å². The molecule has 1 rings (SSSR count). The molecule has 0 bridgehead atoms. The van der Waals surface area contributed by atoms with Gasteiger partial charge in [0, 0.05) is 6.07 Å². The van der Waals surface area contributed by atoms with Crippen molar-refractivity contribution in [3.63, 3.8) is 0 Å². The molecule has 0 unspecified atom stereocenters. The van der Waals surface area contributed by atoms with Gasteiger partial charge in [-0.2, -0.15) is 5.26 Å². The van der Waals surface area contributed by atoms with Crippen LogP contribution in [-0.2, 0) is 0 Å². The van der Waals surface area contributed by atoms with E-state index in [9.17, 15) is 4.39 Å². The zero-order chi connectivity index (χ0) is 7.56. The average molecular weight is 136 g/mol. The molecule has 1 aromatic carbocycles. The fourth-order valence-electron chi connectivity index (χ4n) is 0.547. The van der Waals surface area contributed by atoms with Gasteiger partial charge in [-0.3, -0.25) is 0 Å². The number of hydrogen-bond donors (Lipinski definition) is 1. The van der Waals surface area contributed by atoms with Crippen molar-refractivity contribution in [2.45, 2.75) is 0 Å². The molecule has 0 amide bonds. The zero-order valence-electron chi connectivity index (χ0n) is 4.93. The monoisotopic (exact) mass is 136 g/mol. The maximum Gasteiger partial charge on any atom is 0.134 e. The van der Waals surface area contributed by atoms with Gasteiger partial charge in [0.15, 0.2) is 0 Å². The van der Waals surface area contributed by atoms with Crippen molar-refractivity contribution in [1.82, 2.24) is 0 Å². The summed E-state index contributed by atoms with van der Waals surface area (Å²) in [5.41, 5.74) is -0.0729. The maximum atomic E-state index is 12.2. The average Bonchev–Trinajstić information content (AvgIpc) is 1.94. The van der Waals surface area contributed by atoms with Crippen LogP contribution in [0.2, 0.25) is 0 Å². The molecule has 0 aromatic heterocycles. The van der Waals surface area contributed by atoms with Crippen LogP contribution in [0, 0.1) is 23.2 Å². The van der Waals surface area contributed by atoms with Crippen molar-refractivity contribution in [3.8, 4) is 11.8 Å². The van der Waals surface area contributed by atoms with E-state index in [2.05, 4.69) is 6.07 Å². The Morgan fingerprint density at radius 2 is 2.40 bits per heavy atom. The first-order valence-corrected chi connectivity index (χ1v) is 2.54. The van der Waals surface area contributed by atoms with Crippen LogP contribution in [0.25, 0.3) is 0 Å². The van der Waals surface area contributed by atoms with E-state index < -0.39 is 5.82 Å². The first-order valence-electron chi connectivity index (χ1n) is 2.54. The van der Waals surface area contributed by atoms with Crippen LogP contribution in [0.4, 0.5) is 4.39 Å². The number of nitriles is 1. The molecule has 0 heterocycles. The minimum atomic E-state index is -0.644. The predicted octanol–water partition coefficient (Wildman–Crippen LogP) is 1.20. The Balaban J connectivity index is 3.25. The predicted molar refractivity (Wildman–Crippen MR) is 31.6 cm³/mol. The number of rotatable bonds is 0. The number of hydrogen-bond acceptors (Lipinski definition) is 2. The van der Waals surface area contributed by atoms with Crippen LogP contribution in [0.3, 0.4) is 0 Å². The first kappa shape index (κ1) is 6.56. The van der Waals surface area contributed by atoms with Gasteiger partial charge in [-0.05, 0) is 12.1 Å². The van der Waals surface area contributed by atoms with Gasteiger partial charge < -0.3 is 5.11 Å². The SMILES string of the molecule is N#Cc1cc(F)[c]cc1O. The summed E-state index contributed by atoms with van der Waals surface area (Å²) < 4.78 is 12.2. The van der Waals surface area contributed by atoms with Gasteiger partial charge in [0.2, 0.25) is 0 Å². The van der Waals surface area contributed by atoms with Crippen molar-refractivity contribution in [3.05, 3.63) is 29.6 Å². The lowest BCUT2D eigenvalue weighted by Gasteiger charge is -1.92. The van der Waals surface area contributed by atoms with Crippen LogP contribution in [0.1, 0.15) is 5.56 Å². The molecule has 1 radical (unpaired) electrons. The van der Waals surface area contributed by atoms with Gasteiger partial charge in [-0.15, -0.1) is 0 Å². The fraction of sp³-hybridized carbons (Fsp3) is 0. The Bertz CT molecular complexity index is 290. The summed E-state index contributed by atoms with van der Waals surface area (Å²) in [4.78, 5) is 0. The lowest BCUT2D eigenvalue weighted by atomic mass is 10.2. The van der Waals surface area contributed by atoms with E-state index in [4.69, 9.17) is 10.4 Å². The summed E-state index contributed by atoms with van der Waals surface area (Å²) in [6.07, 6.45) is 0. The Labute approximate surface area is 57.1 Å². The van der Waals surface area contributed by atoms with Gasteiger partial charge in [0.05, 0.1) is 5.56 Å². The minimum Gasteiger partial charge on any atom is -0.507 e. The molecular weight excluding hydrogens is 133 g/mol. The highest BCUT2D eigenvalue weighted by Crippen LogP contribution is 2.15. The molecule has 0 aliphatic carbocycles. The molecule has 0 atom stereocenters. The molecule has 10 heavy (non-hydrogen) atoms. The van der Waals surface area contributed by atoms with Gasteiger partial charge in [-0.1, -0.05) is 0 Å². The second kappa shape index (κ2) is 2.36. The summed E-state index contributed by atoms with van der Waals surface area (Å²) in [6.45, 7) is 0. The van der Waals surface area contributed by atoms with Gasteiger partial charge >= 0.3 is 0 Å². The quantitative estimate of drug-likeness (QED) is 0.582. The lowest BCUT2D eigenvalue weighted by Crippen LogP contribution is -1.78. The summed E-state index contributed by atoms with van der Waals surface area (Å²) in [5.74, 6) is -0.891. The van der Waals surface area contributed by atoms with Crippen LogP contribution >= 0.6 is 0 Å². The lowest BCUT2D eigenvalue weighted by molar-refractivity contribution is 0.471. The Morgan fingerprint density at radius 1 is 1.70 bits per heavy atom. The van der Waals surface area contributed by atoms with Gasteiger partial charge in [0.25, 0.3) is 0 Å². The first-order chi connectivity index (χ1) is 4.74. The summed E-state index contributed by atoms with van der Waals surface area (Å²) >= 11 is 0. The normalized spacial score (nSPS) is 8.80. The smallest absolute Gasteiger partial charge is 0.134 e. The molecule has 1 aromatic rings. The third kappa shape index (κ3) is 1.06. The maximum absolute atomic E-state index is 12.2. The topological polar surface area (TPSA) is 44.0 Å². The minimum absolute atomic E-state index is 0.0729. The molecule has 0 spiro atoms. The Hall–Kier alpha value is -1.56. The standard InChI is InChI=1S/C7H3FNO/c8-6-1-2-7(10)5(3-6)4-9/h2-3,10H. The van der Waals surface area contributed by atoms with E-state index in [0.29, 0.717) is 0 Å². The molecule has 0 aliphatic heterocycles. The highest BCUT2D eigenvalue weighted by atomic mass is 19.1. The van der Waals surface area contributed by atoms with Crippen molar-refractivity contribution >= 4 is 0 Å². The molecular formula is C7H3FNO. The molecule has 0 aliphatic rings. The van der Waals surface area contributed by atoms with E-state index in [-0.39, 0.29) is 11.3 Å². The molecule has 1 N–H and O–H groups in total. The zero-order valence-corrected chi connectivity index (χ0v) is 4.93. The summed E-state index contributed by atoms with van der Waals surface area (Å²) in [5, 5.41) is 17.1. The van der Waals surface area contributed by atoms with E-state index in [1.807, 2.05) is 0 Å². The molecule has 3 heteroatoms. The van der Waals surface area contributed by atoms with Crippen molar-refractivity contribution < 1.29 is 9.50 Å². The molecule has 0 saturated heterocycles. The number of phenolic OH excluding ortho intramolecular Hbond substituents is 1. The second-order valence-electron chi connectivity index (χ2n) is 1.69. The number of halogens is 1. The molecule has 49 valence electrons. The number of phenols is 1. The van der Waals surface area contributed by atoms with Crippen LogP contribution in [0.5, 0.6) is 5.75 Å². The summed E-state index contributed by atoms with van der Waals surface area (Å²) in [7, 11) is 0. The van der Waals surface area contributed by atoms with Crippen LogP contribution in [0.15, 0.2) is 12.1 Å². The van der Waals surface area contributed by atoms with Gasteiger partial charge in [-0.25, -0.2) is 4.39 Å². The van der Waals surface area contributed by atoms with E-state index in [1.165, 1.54) is 0 Å². The number of nitrogens with zero attached hydrogens (tertiary/aromatic N) is 1. The molecule has 2 nitrogen and oxygen atoms in total. The van der Waals surface area contributed by atoms with E-state index in [1.54, 1.807) is 6.07 Å². The van der Waals surface area contributed by atoms with Crippen LogP contribution < -0.4 is 0 Å². The third-order valence-corrected chi connectivity index (χ3v) is 1.01. The Morgan fingerprint density at radius 3 is 2.90 bits per heavy atom. The largest absolute Gasteiger partial charge is 0.507 e. The van der Waals surface area contributed by atoms with Crippen molar-refractivity contribution in [2.75, 3.05) is 0 Å². The third-order valence-electron chi connectivity index (χ3n) is 1.01. The molecule has 0 saturated carbocycles. The molecule has 0 fully saturated rings. The van der Waals surface area contributed by atoms with Gasteiger partial charge in [0.1, 0.15) is 17.6 Å². The second-order valence-corrected chi connectivity index (χ2v) is 1.69. The number of benzene rings is 1. The van der Waals surface area contributed by atoms with E-state index in [0.717, 1.165) is 12.1 Å². The van der Waals surface area contributed by atoms with Crippen LogP contribution in [-0.4, -0.2) is 5.11 Å². The Kier molecular flexibility index (Phi) is 1.55. The van der Waals surface area contributed by atoms with Crippen molar-refractivity contribution in [2.24, 2.45) is 0 Å². The highest BCUT2D eigenvalue weighted by molar-refractivity contribution is 5.41. The number of aromatic hydroxyl groups is 1. The fourth-order valence-corrected chi connectivity index (χ4v) is 0.547. The van der Waals surface area contributed by atoms with Crippen molar-refractivity contribution in [1.29, 1.82) is 5.26 Å². The highest BCUT2D eigenvalue weighted by Gasteiger charge is 1.99. The summed E-state index contributed by atoms with van der Waals surface area (Å²) in [6, 6.07) is 5.68.